The number of hydrogen-bond donors (Lipinski definition) is 3. The summed E-state index contributed by atoms with van der Waals surface area (Å²) in [4.78, 5) is 20.6. The molecular weight excluding hydrogens is 390 g/mol. The van der Waals surface area contributed by atoms with E-state index in [4.69, 9.17) is 4.74 Å². The maximum Gasteiger partial charge on any atom is 0.417 e. The van der Waals surface area contributed by atoms with Crippen LogP contribution in [-0.2, 0) is 0 Å². The van der Waals surface area contributed by atoms with Crippen molar-refractivity contribution in [1.82, 2.24) is 9.97 Å². The minimum absolute atomic E-state index is 0.430. The number of hydrogen-bond acceptors (Lipinski definition) is 6. The number of ether oxygens (including phenoxy) is 1. The fraction of sp³-hybridized carbons (Fsp3) is 0.0417. The van der Waals surface area contributed by atoms with E-state index in [1.54, 1.807) is 36.8 Å². The van der Waals surface area contributed by atoms with Gasteiger partial charge in [0.25, 0.3) is 0 Å². The Morgan fingerprint density at radius 3 is 2.19 bits per heavy atom. The first-order chi connectivity index (χ1) is 15.1. The number of carbonyl (C=O) groups excluding carboxylic acids is 1. The summed E-state index contributed by atoms with van der Waals surface area (Å²) in [6.07, 6.45) is 4.59. The Bertz CT molecular complexity index is 1180. The summed E-state index contributed by atoms with van der Waals surface area (Å²) in [6, 6.07) is 22.1. The Kier molecular flexibility index (Phi) is 6.04. The molecule has 0 aliphatic heterocycles. The van der Waals surface area contributed by atoms with Gasteiger partial charge in [0.1, 0.15) is 5.75 Å². The lowest BCUT2D eigenvalue weighted by molar-refractivity contribution is 0.215. The van der Waals surface area contributed by atoms with Gasteiger partial charge in [-0.1, -0.05) is 12.1 Å². The second-order valence-electron chi connectivity index (χ2n) is 6.79. The maximum atomic E-state index is 12.4. The van der Waals surface area contributed by atoms with E-state index >= 15 is 0 Å². The molecule has 0 saturated heterocycles. The second-order valence-corrected chi connectivity index (χ2v) is 6.79. The third kappa shape index (κ3) is 5.80. The zero-order valence-electron chi connectivity index (χ0n) is 16.9. The number of anilines is 5. The minimum atomic E-state index is -0.571. The fourth-order valence-corrected chi connectivity index (χ4v) is 2.95. The van der Waals surface area contributed by atoms with Crippen LogP contribution in [0, 0.1) is 6.92 Å². The minimum Gasteiger partial charge on any atom is -0.410 e. The van der Waals surface area contributed by atoms with E-state index in [2.05, 4.69) is 25.9 Å². The average molecular weight is 411 g/mol. The number of nitrogens with zero attached hydrogens (tertiary/aromatic N) is 2. The van der Waals surface area contributed by atoms with Crippen molar-refractivity contribution in [3.8, 4) is 5.75 Å². The van der Waals surface area contributed by atoms with Gasteiger partial charge in [0.15, 0.2) is 0 Å². The molecule has 0 aliphatic carbocycles. The van der Waals surface area contributed by atoms with Gasteiger partial charge in [-0.05, 0) is 61.5 Å². The Labute approximate surface area is 180 Å². The van der Waals surface area contributed by atoms with Crippen LogP contribution in [0.5, 0.6) is 5.75 Å². The van der Waals surface area contributed by atoms with E-state index < -0.39 is 6.09 Å². The van der Waals surface area contributed by atoms with Crippen molar-refractivity contribution in [1.29, 1.82) is 0 Å². The van der Waals surface area contributed by atoms with Gasteiger partial charge in [0, 0.05) is 58.8 Å². The number of aryl methyl sites for hydroxylation is 1. The highest BCUT2D eigenvalue weighted by atomic mass is 16.6. The number of nitrogens with one attached hydrogen (secondary N) is 3. The Morgan fingerprint density at radius 2 is 1.39 bits per heavy atom. The second kappa shape index (κ2) is 9.41. The zero-order valence-corrected chi connectivity index (χ0v) is 16.9. The highest BCUT2D eigenvalue weighted by molar-refractivity contribution is 5.87. The summed E-state index contributed by atoms with van der Waals surface area (Å²) in [6.45, 7) is 1.93. The van der Waals surface area contributed by atoms with Crippen molar-refractivity contribution in [3.05, 3.63) is 97.1 Å². The zero-order chi connectivity index (χ0) is 21.5. The van der Waals surface area contributed by atoms with E-state index in [9.17, 15) is 4.79 Å². The third-order valence-corrected chi connectivity index (χ3v) is 4.31. The van der Waals surface area contributed by atoms with Gasteiger partial charge in [-0.2, -0.15) is 0 Å². The molecule has 154 valence electrons. The molecule has 4 rings (SSSR count). The Balaban J connectivity index is 1.38. The van der Waals surface area contributed by atoms with E-state index in [0.717, 1.165) is 28.4 Å². The predicted molar refractivity (Wildman–Crippen MR) is 122 cm³/mol. The van der Waals surface area contributed by atoms with Crippen molar-refractivity contribution in [2.24, 2.45) is 0 Å². The highest BCUT2D eigenvalue weighted by Crippen LogP contribution is 2.23. The van der Waals surface area contributed by atoms with Crippen LogP contribution in [0.4, 0.5) is 33.2 Å². The molecule has 3 N–H and O–H groups in total. The molecule has 0 aliphatic rings. The molecule has 0 atom stereocenters. The third-order valence-electron chi connectivity index (χ3n) is 4.31. The van der Waals surface area contributed by atoms with Crippen LogP contribution >= 0.6 is 0 Å². The topological polar surface area (TPSA) is 88.2 Å². The average Bonchev–Trinajstić information content (AvgIpc) is 2.75. The molecule has 0 bridgehead atoms. The summed E-state index contributed by atoms with van der Waals surface area (Å²) >= 11 is 0. The van der Waals surface area contributed by atoms with Gasteiger partial charge in [-0.15, -0.1) is 0 Å². The van der Waals surface area contributed by atoms with E-state index in [0.29, 0.717) is 11.4 Å². The Hall–Kier alpha value is -4.39. The largest absolute Gasteiger partial charge is 0.417 e. The summed E-state index contributed by atoms with van der Waals surface area (Å²) in [5.74, 6) is 0.430. The van der Waals surface area contributed by atoms with Crippen molar-refractivity contribution in [2.45, 2.75) is 6.92 Å². The molecule has 4 aromatic rings. The molecule has 0 unspecified atom stereocenters. The lowest BCUT2D eigenvalue weighted by atomic mass is 10.2. The molecule has 0 radical (unpaired) electrons. The van der Waals surface area contributed by atoms with Crippen LogP contribution in [0.25, 0.3) is 0 Å². The first-order valence-corrected chi connectivity index (χ1v) is 9.70. The molecule has 2 aromatic carbocycles. The molecule has 0 spiro atoms. The summed E-state index contributed by atoms with van der Waals surface area (Å²) in [5.41, 5.74) is 4.99. The van der Waals surface area contributed by atoms with Crippen LogP contribution in [0.1, 0.15) is 5.69 Å². The summed E-state index contributed by atoms with van der Waals surface area (Å²) < 4.78 is 5.45. The van der Waals surface area contributed by atoms with Crippen molar-refractivity contribution in [3.63, 3.8) is 0 Å². The molecule has 0 saturated carbocycles. The van der Waals surface area contributed by atoms with Gasteiger partial charge >= 0.3 is 6.09 Å². The molecule has 0 fully saturated rings. The highest BCUT2D eigenvalue weighted by Gasteiger charge is 2.07. The fourth-order valence-electron chi connectivity index (χ4n) is 2.95. The van der Waals surface area contributed by atoms with Crippen LogP contribution in [0.15, 0.2) is 91.4 Å². The van der Waals surface area contributed by atoms with Crippen LogP contribution < -0.4 is 20.7 Å². The summed E-state index contributed by atoms with van der Waals surface area (Å²) in [5, 5.41) is 9.28. The van der Waals surface area contributed by atoms with Crippen molar-refractivity contribution < 1.29 is 9.53 Å². The van der Waals surface area contributed by atoms with Gasteiger partial charge in [0.2, 0.25) is 0 Å². The molecule has 7 nitrogen and oxygen atoms in total. The standard InChI is InChI=1S/C24H21N5O2/c1-17-14-22(10-13-26-17)28-21-6-3-7-23(16-21)31-24(30)29-20-5-2-4-19(15-20)27-18-8-11-25-12-9-18/h2-16H,1H3,(H,25,27)(H,26,28)(H,29,30). The monoisotopic (exact) mass is 411 g/mol. The number of pyridine rings is 2. The maximum absolute atomic E-state index is 12.4. The first kappa shape index (κ1) is 19.9. The first-order valence-electron chi connectivity index (χ1n) is 9.70. The molecule has 7 heteroatoms. The van der Waals surface area contributed by atoms with Crippen molar-refractivity contribution in [2.75, 3.05) is 16.0 Å². The Morgan fingerprint density at radius 1 is 0.742 bits per heavy atom. The van der Waals surface area contributed by atoms with E-state index in [-0.39, 0.29) is 0 Å². The van der Waals surface area contributed by atoms with Crippen molar-refractivity contribution >= 4 is 34.5 Å². The number of aromatic nitrogens is 2. The van der Waals surface area contributed by atoms with Gasteiger partial charge in [-0.3, -0.25) is 15.3 Å². The van der Waals surface area contributed by atoms with Crippen LogP contribution in [-0.4, -0.2) is 16.1 Å². The number of carbonyl (C=O) groups is 1. The number of amides is 1. The smallest absolute Gasteiger partial charge is 0.410 e. The molecular formula is C24H21N5O2. The number of rotatable bonds is 6. The van der Waals surface area contributed by atoms with E-state index in [1.165, 1.54) is 0 Å². The van der Waals surface area contributed by atoms with Gasteiger partial charge in [0.05, 0.1) is 0 Å². The number of benzene rings is 2. The molecule has 2 heterocycles. The molecule has 31 heavy (non-hydrogen) atoms. The normalized spacial score (nSPS) is 10.2. The van der Waals surface area contributed by atoms with E-state index in [1.807, 2.05) is 61.5 Å². The van der Waals surface area contributed by atoms with Gasteiger partial charge in [-0.25, -0.2) is 4.79 Å². The summed E-state index contributed by atoms with van der Waals surface area (Å²) in [7, 11) is 0. The lowest BCUT2D eigenvalue weighted by Gasteiger charge is -2.11. The van der Waals surface area contributed by atoms with Crippen LogP contribution in [0.2, 0.25) is 0 Å². The SMILES string of the molecule is Cc1cc(Nc2cccc(OC(=O)Nc3cccc(Nc4ccncc4)c3)c2)ccn1. The predicted octanol–water partition coefficient (Wildman–Crippen LogP) is 5.88. The quantitative estimate of drug-likeness (QED) is 0.367. The lowest BCUT2D eigenvalue weighted by Crippen LogP contribution is -2.16. The van der Waals surface area contributed by atoms with Crippen LogP contribution in [0.3, 0.4) is 0 Å². The molecule has 2 aromatic heterocycles. The molecule has 1 amide bonds. The van der Waals surface area contributed by atoms with Gasteiger partial charge < -0.3 is 15.4 Å².